The summed E-state index contributed by atoms with van der Waals surface area (Å²) in [6.45, 7) is 6.51. The quantitative estimate of drug-likeness (QED) is 0.714. The number of hydrogen-bond donors (Lipinski definition) is 1. The van der Waals surface area contributed by atoms with E-state index in [0.717, 1.165) is 61.5 Å². The smallest absolute Gasteiger partial charge is 0.141 e. The molecular weight excluding hydrogens is 396 g/mol. The first-order chi connectivity index (χ1) is 14.3. The topological polar surface area (TPSA) is 68.7 Å². The van der Waals surface area contributed by atoms with E-state index in [2.05, 4.69) is 28.1 Å². The van der Waals surface area contributed by atoms with Crippen LogP contribution >= 0.6 is 0 Å². The van der Waals surface area contributed by atoms with E-state index in [-0.39, 0.29) is 6.10 Å². The highest BCUT2D eigenvalue weighted by atomic mass is 32.2. The van der Waals surface area contributed by atoms with Gasteiger partial charge in [-0.2, -0.15) is 0 Å². The number of hydrogen-bond acceptors (Lipinski definition) is 5. The fourth-order valence-corrected chi connectivity index (χ4v) is 5.29. The number of ether oxygens (including phenoxy) is 1. The van der Waals surface area contributed by atoms with E-state index in [0.29, 0.717) is 11.7 Å². The SMILES string of the molecule is C[S+]([O-])Cc1ccc(-c2cc3c(cn2)OC(C2CCN(CC(C)(C)O)CC2)C3)cc1. The molecule has 2 unspecified atom stereocenters. The highest BCUT2D eigenvalue weighted by molar-refractivity contribution is 7.89. The monoisotopic (exact) mass is 428 g/mol. The molecule has 4 rings (SSSR count). The van der Waals surface area contributed by atoms with Gasteiger partial charge in [0.2, 0.25) is 0 Å². The predicted molar refractivity (Wildman–Crippen MR) is 121 cm³/mol. The third-order valence-electron chi connectivity index (χ3n) is 6.04. The van der Waals surface area contributed by atoms with Crippen LogP contribution in [0.15, 0.2) is 36.5 Å². The lowest BCUT2D eigenvalue weighted by molar-refractivity contribution is 0.0143. The number of fused-ring (bicyclic) bond motifs is 1. The summed E-state index contributed by atoms with van der Waals surface area (Å²) in [6.07, 6.45) is 6.97. The van der Waals surface area contributed by atoms with Crippen molar-refractivity contribution in [3.05, 3.63) is 47.7 Å². The lowest BCUT2D eigenvalue weighted by Gasteiger charge is -2.36. The van der Waals surface area contributed by atoms with Gasteiger partial charge in [0.1, 0.15) is 17.6 Å². The van der Waals surface area contributed by atoms with Crippen molar-refractivity contribution in [1.29, 1.82) is 0 Å². The molecule has 2 atom stereocenters. The standard InChI is InChI=1S/C24H32N2O3S/c1-24(2,27)16-26-10-8-19(9-11-26)22-13-20-12-21(25-14-23(20)29-22)18-6-4-17(5-7-18)15-30(3)28/h4-7,12,14,19,22,27H,8-11,13,15-16H2,1-3H3. The molecule has 162 valence electrons. The highest BCUT2D eigenvalue weighted by Crippen LogP contribution is 2.36. The first-order valence-electron chi connectivity index (χ1n) is 10.8. The summed E-state index contributed by atoms with van der Waals surface area (Å²) in [5, 5.41) is 10.1. The maximum atomic E-state index is 11.4. The number of pyridine rings is 1. The summed E-state index contributed by atoms with van der Waals surface area (Å²) in [6, 6.07) is 10.3. The zero-order valence-electron chi connectivity index (χ0n) is 18.1. The number of piperidine rings is 1. The Balaban J connectivity index is 1.37. The summed E-state index contributed by atoms with van der Waals surface area (Å²) >= 11 is -0.829. The third kappa shape index (κ3) is 5.35. The van der Waals surface area contributed by atoms with Crippen LogP contribution in [0.1, 0.15) is 37.8 Å². The van der Waals surface area contributed by atoms with Gasteiger partial charge in [-0.15, -0.1) is 0 Å². The molecule has 1 N–H and O–H groups in total. The van der Waals surface area contributed by atoms with Gasteiger partial charge in [0.05, 0.1) is 23.7 Å². The Morgan fingerprint density at radius 2 is 1.93 bits per heavy atom. The largest absolute Gasteiger partial charge is 0.616 e. The van der Waals surface area contributed by atoms with Crippen LogP contribution in [0.5, 0.6) is 5.75 Å². The molecule has 0 aliphatic carbocycles. The van der Waals surface area contributed by atoms with Gasteiger partial charge >= 0.3 is 0 Å². The average molecular weight is 429 g/mol. The number of rotatable bonds is 6. The minimum Gasteiger partial charge on any atom is -0.616 e. The van der Waals surface area contributed by atoms with Gasteiger partial charge in [-0.05, 0) is 51.8 Å². The second-order valence-corrected chi connectivity index (χ2v) is 10.8. The van der Waals surface area contributed by atoms with E-state index in [4.69, 9.17) is 4.74 Å². The van der Waals surface area contributed by atoms with Crippen molar-refractivity contribution in [2.45, 2.75) is 50.6 Å². The number of nitrogens with zero attached hydrogens (tertiary/aromatic N) is 2. The Morgan fingerprint density at radius 1 is 1.23 bits per heavy atom. The average Bonchev–Trinajstić information content (AvgIpc) is 3.11. The van der Waals surface area contributed by atoms with Crippen LogP contribution in [0.4, 0.5) is 0 Å². The fraction of sp³-hybridized carbons (Fsp3) is 0.542. The molecular formula is C24H32N2O3S. The molecule has 0 amide bonds. The predicted octanol–water partition coefficient (Wildman–Crippen LogP) is 3.41. The molecule has 0 radical (unpaired) electrons. The van der Waals surface area contributed by atoms with Gasteiger partial charge in [0.15, 0.2) is 0 Å². The van der Waals surface area contributed by atoms with Gasteiger partial charge in [-0.25, -0.2) is 0 Å². The van der Waals surface area contributed by atoms with Gasteiger partial charge < -0.3 is 19.3 Å². The molecule has 1 saturated heterocycles. The lowest BCUT2D eigenvalue weighted by atomic mass is 9.88. The third-order valence-corrected chi connectivity index (χ3v) is 6.78. The Bertz CT molecular complexity index is 856. The van der Waals surface area contributed by atoms with E-state index >= 15 is 0 Å². The van der Waals surface area contributed by atoms with Crippen LogP contribution in [0, 0.1) is 5.92 Å². The summed E-state index contributed by atoms with van der Waals surface area (Å²) in [7, 11) is 0. The Kier molecular flexibility index (Phi) is 6.39. The van der Waals surface area contributed by atoms with Crippen molar-refractivity contribution in [3.63, 3.8) is 0 Å². The zero-order chi connectivity index (χ0) is 21.3. The van der Waals surface area contributed by atoms with E-state index in [9.17, 15) is 9.66 Å². The van der Waals surface area contributed by atoms with Crippen LogP contribution in [0.2, 0.25) is 0 Å². The van der Waals surface area contributed by atoms with Gasteiger partial charge in [-0.3, -0.25) is 4.98 Å². The fourth-order valence-electron chi connectivity index (χ4n) is 4.63. The van der Waals surface area contributed by atoms with Crippen molar-refractivity contribution < 1.29 is 14.4 Å². The van der Waals surface area contributed by atoms with Crippen LogP contribution in [0.3, 0.4) is 0 Å². The van der Waals surface area contributed by atoms with Crippen molar-refractivity contribution in [1.82, 2.24) is 9.88 Å². The second-order valence-electron chi connectivity index (χ2n) is 9.38. The minimum absolute atomic E-state index is 0.225. The Labute approximate surface area is 182 Å². The molecule has 5 nitrogen and oxygen atoms in total. The summed E-state index contributed by atoms with van der Waals surface area (Å²) < 4.78 is 17.7. The van der Waals surface area contributed by atoms with Crippen LogP contribution < -0.4 is 4.74 Å². The van der Waals surface area contributed by atoms with Crippen LogP contribution in [-0.4, -0.2) is 57.1 Å². The van der Waals surface area contributed by atoms with E-state index in [1.54, 1.807) is 6.26 Å². The minimum atomic E-state index is -0.829. The maximum Gasteiger partial charge on any atom is 0.141 e. The van der Waals surface area contributed by atoms with Crippen molar-refractivity contribution in [2.75, 3.05) is 25.9 Å². The van der Waals surface area contributed by atoms with Crippen LogP contribution in [-0.2, 0) is 23.3 Å². The van der Waals surface area contributed by atoms with E-state index in [1.807, 2.05) is 32.2 Å². The van der Waals surface area contributed by atoms with Crippen molar-refractivity contribution in [2.24, 2.45) is 5.92 Å². The molecule has 1 aromatic carbocycles. The maximum absolute atomic E-state index is 11.4. The molecule has 2 aromatic rings. The molecule has 2 aliphatic heterocycles. The van der Waals surface area contributed by atoms with Gasteiger partial charge in [0, 0.05) is 29.7 Å². The van der Waals surface area contributed by atoms with Crippen LogP contribution in [0.25, 0.3) is 11.3 Å². The number of likely N-dealkylation sites (tertiary alicyclic amines) is 1. The summed E-state index contributed by atoms with van der Waals surface area (Å²) in [5.74, 6) is 2.05. The molecule has 0 saturated carbocycles. The molecule has 3 heterocycles. The lowest BCUT2D eigenvalue weighted by Crippen LogP contribution is -2.45. The number of benzene rings is 1. The molecule has 2 aliphatic rings. The number of β-amino-alcohol motifs (C(OH)–C–C–N with tert-alkyl or cyclic N) is 1. The molecule has 1 fully saturated rings. The first kappa shape index (κ1) is 21.6. The van der Waals surface area contributed by atoms with Gasteiger partial charge in [0.25, 0.3) is 0 Å². The molecule has 1 aromatic heterocycles. The summed E-state index contributed by atoms with van der Waals surface area (Å²) in [4.78, 5) is 6.98. The molecule has 6 heteroatoms. The van der Waals surface area contributed by atoms with Crippen molar-refractivity contribution in [3.8, 4) is 17.0 Å². The zero-order valence-corrected chi connectivity index (χ0v) is 19.0. The molecule has 0 bridgehead atoms. The number of aromatic nitrogens is 1. The molecule has 0 spiro atoms. The van der Waals surface area contributed by atoms with E-state index < -0.39 is 16.8 Å². The Morgan fingerprint density at radius 3 is 2.57 bits per heavy atom. The van der Waals surface area contributed by atoms with E-state index in [1.165, 1.54) is 5.56 Å². The summed E-state index contributed by atoms with van der Waals surface area (Å²) in [5.41, 5.74) is 3.72. The Hall–Kier alpha value is -1.60. The second kappa shape index (κ2) is 8.87. The highest BCUT2D eigenvalue weighted by Gasteiger charge is 2.34. The molecule has 30 heavy (non-hydrogen) atoms. The van der Waals surface area contributed by atoms with Gasteiger partial charge in [-0.1, -0.05) is 35.4 Å². The number of aliphatic hydroxyl groups is 1. The normalized spacial score (nSPS) is 21.3. The first-order valence-corrected chi connectivity index (χ1v) is 12.5. The van der Waals surface area contributed by atoms with Crippen molar-refractivity contribution >= 4 is 11.2 Å².